The van der Waals surface area contributed by atoms with E-state index in [4.69, 9.17) is 21.1 Å². The topological polar surface area (TPSA) is 18.5 Å². The molecule has 2 nitrogen and oxygen atoms in total. The summed E-state index contributed by atoms with van der Waals surface area (Å²) in [6, 6.07) is 16.5. The lowest BCUT2D eigenvalue weighted by Crippen LogP contribution is -1.95. The Labute approximate surface area is 135 Å². The number of hydrogen-bond acceptors (Lipinski definition) is 2. The smallest absolute Gasteiger partial charge is 0.145 e. The second-order valence-electron chi connectivity index (χ2n) is 5.13. The van der Waals surface area contributed by atoms with Gasteiger partial charge in [-0.05, 0) is 30.2 Å². The van der Waals surface area contributed by atoms with Crippen molar-refractivity contribution in [1.29, 1.82) is 0 Å². The van der Waals surface area contributed by atoms with Gasteiger partial charge in [0.05, 0.1) is 19.2 Å². The molecule has 3 heteroatoms. The van der Waals surface area contributed by atoms with Crippen LogP contribution in [-0.2, 0) is 0 Å². The minimum absolute atomic E-state index is 0.595. The fourth-order valence-electron chi connectivity index (χ4n) is 2.79. The van der Waals surface area contributed by atoms with Crippen LogP contribution in [0.25, 0.3) is 21.9 Å². The highest BCUT2D eigenvalue weighted by atomic mass is 35.5. The fraction of sp³-hybridized carbons (Fsp3) is 0.158. The van der Waals surface area contributed by atoms with Gasteiger partial charge in [-0.25, -0.2) is 0 Å². The molecule has 22 heavy (non-hydrogen) atoms. The van der Waals surface area contributed by atoms with Crippen LogP contribution in [0.15, 0.2) is 48.5 Å². The van der Waals surface area contributed by atoms with Crippen LogP contribution in [0.4, 0.5) is 0 Å². The van der Waals surface area contributed by atoms with Gasteiger partial charge in [0.2, 0.25) is 0 Å². The second kappa shape index (κ2) is 5.90. The maximum absolute atomic E-state index is 6.45. The Kier molecular flexibility index (Phi) is 3.95. The highest BCUT2D eigenvalue weighted by Crippen LogP contribution is 2.44. The van der Waals surface area contributed by atoms with Gasteiger partial charge < -0.3 is 9.47 Å². The second-order valence-corrected chi connectivity index (χ2v) is 5.51. The Morgan fingerprint density at radius 3 is 2.09 bits per heavy atom. The molecule has 0 N–H and O–H groups in total. The standard InChI is InChI=1S/C19H17ClO2/c1-12-17(20)19(22-3)16-11-14(13-7-5-4-6-8-13)9-10-15(16)18(12)21-2/h4-11H,1-3H3. The van der Waals surface area contributed by atoms with Crippen LogP contribution < -0.4 is 9.47 Å². The number of fused-ring (bicyclic) bond motifs is 1. The summed E-state index contributed by atoms with van der Waals surface area (Å²) in [5.41, 5.74) is 3.16. The lowest BCUT2D eigenvalue weighted by molar-refractivity contribution is 0.408. The van der Waals surface area contributed by atoms with Crippen molar-refractivity contribution in [1.82, 2.24) is 0 Å². The van der Waals surface area contributed by atoms with Crippen LogP contribution in [0, 0.1) is 6.92 Å². The number of halogens is 1. The van der Waals surface area contributed by atoms with Crippen molar-refractivity contribution in [2.75, 3.05) is 14.2 Å². The van der Waals surface area contributed by atoms with E-state index in [2.05, 4.69) is 30.3 Å². The molecule has 0 aliphatic carbocycles. The molecule has 0 atom stereocenters. The van der Waals surface area contributed by atoms with Crippen molar-refractivity contribution < 1.29 is 9.47 Å². The van der Waals surface area contributed by atoms with Crippen molar-refractivity contribution in [3.8, 4) is 22.6 Å². The summed E-state index contributed by atoms with van der Waals surface area (Å²) in [5.74, 6) is 1.48. The van der Waals surface area contributed by atoms with E-state index in [1.54, 1.807) is 14.2 Å². The van der Waals surface area contributed by atoms with Crippen LogP contribution in [0.3, 0.4) is 0 Å². The first kappa shape index (κ1) is 14.7. The molecule has 112 valence electrons. The number of ether oxygens (including phenoxy) is 2. The molecule has 3 aromatic carbocycles. The maximum Gasteiger partial charge on any atom is 0.145 e. The Morgan fingerprint density at radius 2 is 1.45 bits per heavy atom. The number of benzene rings is 3. The van der Waals surface area contributed by atoms with Gasteiger partial charge >= 0.3 is 0 Å². The summed E-state index contributed by atoms with van der Waals surface area (Å²) in [7, 11) is 3.30. The zero-order chi connectivity index (χ0) is 15.7. The number of methoxy groups -OCH3 is 2. The van der Waals surface area contributed by atoms with Crippen molar-refractivity contribution in [3.63, 3.8) is 0 Å². The van der Waals surface area contributed by atoms with Crippen LogP contribution in [0.1, 0.15) is 5.56 Å². The molecule has 0 aromatic heterocycles. The highest BCUT2D eigenvalue weighted by molar-refractivity contribution is 6.34. The van der Waals surface area contributed by atoms with Crippen molar-refractivity contribution in [2.45, 2.75) is 6.92 Å². The number of rotatable bonds is 3. The third-order valence-electron chi connectivity index (χ3n) is 3.89. The molecule has 0 saturated heterocycles. The normalized spacial score (nSPS) is 10.7. The first-order chi connectivity index (χ1) is 10.7. The molecule has 0 heterocycles. The van der Waals surface area contributed by atoms with Gasteiger partial charge in [-0.3, -0.25) is 0 Å². The lowest BCUT2D eigenvalue weighted by atomic mass is 9.98. The zero-order valence-electron chi connectivity index (χ0n) is 12.8. The molecule has 0 amide bonds. The van der Waals surface area contributed by atoms with Gasteiger partial charge in [-0.1, -0.05) is 48.0 Å². The molecule has 0 bridgehead atoms. The predicted molar refractivity (Wildman–Crippen MR) is 92.2 cm³/mol. The van der Waals surface area contributed by atoms with Gasteiger partial charge in [0.25, 0.3) is 0 Å². The first-order valence-electron chi connectivity index (χ1n) is 7.06. The molecule has 0 aliphatic heterocycles. The molecule has 0 spiro atoms. The largest absolute Gasteiger partial charge is 0.496 e. The van der Waals surface area contributed by atoms with E-state index in [1.165, 1.54) is 0 Å². The van der Waals surface area contributed by atoms with Crippen molar-refractivity contribution in [2.24, 2.45) is 0 Å². The zero-order valence-corrected chi connectivity index (χ0v) is 13.6. The molecular formula is C19H17ClO2. The van der Waals surface area contributed by atoms with Crippen LogP contribution in [0.5, 0.6) is 11.5 Å². The summed E-state index contributed by atoms with van der Waals surface area (Å²) in [5, 5.41) is 2.55. The lowest BCUT2D eigenvalue weighted by Gasteiger charge is -2.16. The average molecular weight is 313 g/mol. The minimum atomic E-state index is 0.595. The van der Waals surface area contributed by atoms with E-state index in [9.17, 15) is 0 Å². The molecule has 3 aromatic rings. The fourth-order valence-corrected chi connectivity index (χ4v) is 3.06. The van der Waals surface area contributed by atoms with E-state index < -0.39 is 0 Å². The monoisotopic (exact) mass is 312 g/mol. The maximum atomic E-state index is 6.45. The highest BCUT2D eigenvalue weighted by Gasteiger charge is 2.17. The molecule has 3 rings (SSSR count). The third-order valence-corrected chi connectivity index (χ3v) is 4.35. The van der Waals surface area contributed by atoms with Crippen molar-refractivity contribution in [3.05, 3.63) is 59.1 Å². The quantitative estimate of drug-likeness (QED) is 0.637. The van der Waals surface area contributed by atoms with Crippen LogP contribution in [0.2, 0.25) is 5.02 Å². The van der Waals surface area contributed by atoms with Gasteiger partial charge in [0, 0.05) is 16.3 Å². The van der Waals surface area contributed by atoms with Crippen LogP contribution in [-0.4, -0.2) is 14.2 Å². The van der Waals surface area contributed by atoms with E-state index >= 15 is 0 Å². The Bertz CT molecular complexity index is 826. The van der Waals surface area contributed by atoms with Crippen molar-refractivity contribution >= 4 is 22.4 Å². The van der Waals surface area contributed by atoms with Crippen LogP contribution >= 0.6 is 11.6 Å². The number of hydrogen-bond donors (Lipinski definition) is 0. The van der Waals surface area contributed by atoms with Gasteiger partial charge in [0.15, 0.2) is 0 Å². The molecule has 0 unspecified atom stereocenters. The SMILES string of the molecule is COc1c(C)c(Cl)c(OC)c2cc(-c3ccccc3)ccc12. The van der Waals surface area contributed by atoms with E-state index in [-0.39, 0.29) is 0 Å². The van der Waals surface area contributed by atoms with E-state index in [0.29, 0.717) is 10.8 Å². The third kappa shape index (κ3) is 2.30. The summed E-state index contributed by atoms with van der Waals surface area (Å²) in [6.45, 7) is 1.94. The summed E-state index contributed by atoms with van der Waals surface area (Å²) >= 11 is 6.45. The summed E-state index contributed by atoms with van der Waals surface area (Å²) in [6.07, 6.45) is 0. The Hall–Kier alpha value is -2.19. The van der Waals surface area contributed by atoms with Gasteiger partial charge in [0.1, 0.15) is 11.5 Å². The molecular weight excluding hydrogens is 296 g/mol. The molecule has 0 aliphatic rings. The van der Waals surface area contributed by atoms with Gasteiger partial charge in [-0.2, -0.15) is 0 Å². The molecule has 0 saturated carbocycles. The Morgan fingerprint density at radius 1 is 0.773 bits per heavy atom. The Balaban J connectivity index is 2.34. The summed E-state index contributed by atoms with van der Waals surface area (Å²) in [4.78, 5) is 0. The minimum Gasteiger partial charge on any atom is -0.496 e. The molecule has 0 fully saturated rings. The summed E-state index contributed by atoms with van der Waals surface area (Å²) < 4.78 is 11.1. The van der Waals surface area contributed by atoms with E-state index in [1.807, 2.05) is 25.1 Å². The average Bonchev–Trinajstić information content (AvgIpc) is 2.57. The predicted octanol–water partition coefficient (Wildman–Crippen LogP) is 5.49. The molecule has 0 radical (unpaired) electrons. The van der Waals surface area contributed by atoms with E-state index in [0.717, 1.165) is 33.2 Å². The first-order valence-corrected chi connectivity index (χ1v) is 7.44. The van der Waals surface area contributed by atoms with Gasteiger partial charge in [-0.15, -0.1) is 0 Å².